The van der Waals surface area contributed by atoms with Crippen LogP contribution in [0.3, 0.4) is 0 Å². The monoisotopic (exact) mass is 412 g/mol. The number of hydrogen-bond acceptors (Lipinski definition) is 4. The molecule has 8 N–H and O–H groups in total. The van der Waals surface area contributed by atoms with E-state index in [2.05, 4.69) is 15.6 Å². The minimum Gasteiger partial charge on any atom is -0.370 e. The van der Waals surface area contributed by atoms with E-state index in [1.807, 2.05) is 48.5 Å². The van der Waals surface area contributed by atoms with Crippen LogP contribution in [0.15, 0.2) is 53.5 Å². The van der Waals surface area contributed by atoms with Gasteiger partial charge in [-0.2, -0.15) is 0 Å². The quantitative estimate of drug-likeness (QED) is 0.258. The van der Waals surface area contributed by atoms with E-state index in [1.165, 1.54) is 0 Å². The average Bonchev–Trinajstić information content (AvgIpc) is 2.58. The second kappa shape index (κ2) is 12.8. The largest absolute Gasteiger partial charge is 0.370 e. The highest BCUT2D eigenvalue weighted by Crippen LogP contribution is 2.21. The summed E-state index contributed by atoms with van der Waals surface area (Å²) in [5.41, 5.74) is 19.4. The summed E-state index contributed by atoms with van der Waals surface area (Å²) in [5, 5.41) is 6.14. The molecule has 0 radical (unpaired) electrons. The maximum absolute atomic E-state index is 11.8. The fourth-order valence-corrected chi connectivity index (χ4v) is 2.23. The van der Waals surface area contributed by atoms with Crippen molar-refractivity contribution >= 4 is 59.4 Å². The zero-order valence-electron chi connectivity index (χ0n) is 14.9. The van der Waals surface area contributed by atoms with Gasteiger partial charge in [0.05, 0.1) is 5.69 Å². The molecule has 0 fully saturated rings. The normalized spacial score (nSPS) is 9.37. The molecule has 0 saturated heterocycles. The number of anilines is 3. The Hall–Kier alpha value is -2.48. The molecule has 9 heteroatoms. The predicted molar refractivity (Wildman–Crippen MR) is 118 cm³/mol. The van der Waals surface area contributed by atoms with Gasteiger partial charge in [0, 0.05) is 23.5 Å². The van der Waals surface area contributed by atoms with Crippen LogP contribution in [-0.4, -0.2) is 18.4 Å². The number of halogens is 2. The van der Waals surface area contributed by atoms with Crippen molar-refractivity contribution in [3.8, 4) is 0 Å². The SMILES string of the molecule is Cl.Cl.NCCCCC(=O)Nc1ccc(Nc2ccc(N=C(N)N)cc2)cc1. The minimum atomic E-state index is 0. The Labute approximate surface area is 171 Å². The maximum atomic E-state index is 11.8. The highest BCUT2D eigenvalue weighted by molar-refractivity contribution is 5.90. The number of rotatable bonds is 8. The van der Waals surface area contributed by atoms with Crippen LogP contribution in [0.5, 0.6) is 0 Å². The van der Waals surface area contributed by atoms with Crippen molar-refractivity contribution in [2.45, 2.75) is 19.3 Å². The zero-order chi connectivity index (χ0) is 18.1. The van der Waals surface area contributed by atoms with E-state index in [4.69, 9.17) is 17.2 Å². The van der Waals surface area contributed by atoms with Crippen LogP contribution < -0.4 is 27.8 Å². The third kappa shape index (κ3) is 9.14. The van der Waals surface area contributed by atoms with Crippen LogP contribution in [0.1, 0.15) is 19.3 Å². The van der Waals surface area contributed by atoms with Gasteiger partial charge in [0.15, 0.2) is 5.96 Å². The van der Waals surface area contributed by atoms with Gasteiger partial charge in [-0.05, 0) is 67.9 Å². The molecule has 2 aromatic carbocycles. The van der Waals surface area contributed by atoms with Gasteiger partial charge in [-0.1, -0.05) is 0 Å². The van der Waals surface area contributed by atoms with Crippen LogP contribution in [0.2, 0.25) is 0 Å². The first-order valence-electron chi connectivity index (χ1n) is 8.13. The lowest BCUT2D eigenvalue weighted by molar-refractivity contribution is -0.116. The first kappa shape index (κ1) is 24.5. The van der Waals surface area contributed by atoms with Crippen molar-refractivity contribution in [2.75, 3.05) is 17.2 Å². The van der Waals surface area contributed by atoms with Crippen LogP contribution in [0, 0.1) is 0 Å². The summed E-state index contributed by atoms with van der Waals surface area (Å²) in [6.45, 7) is 0.612. The molecule has 0 heterocycles. The van der Waals surface area contributed by atoms with Gasteiger partial charge < -0.3 is 27.8 Å². The summed E-state index contributed by atoms with van der Waals surface area (Å²) in [7, 11) is 0. The Morgan fingerprint density at radius 2 is 1.37 bits per heavy atom. The van der Waals surface area contributed by atoms with Crippen molar-refractivity contribution < 1.29 is 4.79 Å². The predicted octanol–water partition coefficient (Wildman–Crippen LogP) is 3.25. The third-order valence-corrected chi connectivity index (χ3v) is 3.44. The molecular weight excluding hydrogens is 387 g/mol. The topological polar surface area (TPSA) is 132 Å². The third-order valence-electron chi connectivity index (χ3n) is 3.44. The van der Waals surface area contributed by atoms with E-state index in [0.29, 0.717) is 18.7 Å². The summed E-state index contributed by atoms with van der Waals surface area (Å²) in [6, 6.07) is 14.9. The molecular formula is C18H26Cl2N6O. The molecule has 27 heavy (non-hydrogen) atoms. The molecule has 0 unspecified atom stereocenters. The number of nitrogens with zero attached hydrogens (tertiary/aromatic N) is 1. The highest BCUT2D eigenvalue weighted by atomic mass is 35.5. The van der Waals surface area contributed by atoms with Gasteiger partial charge in [-0.3, -0.25) is 4.79 Å². The lowest BCUT2D eigenvalue weighted by atomic mass is 10.2. The van der Waals surface area contributed by atoms with Crippen LogP contribution in [-0.2, 0) is 4.79 Å². The van der Waals surface area contributed by atoms with Gasteiger partial charge in [0.1, 0.15) is 0 Å². The Morgan fingerprint density at radius 3 is 1.89 bits per heavy atom. The van der Waals surface area contributed by atoms with Gasteiger partial charge >= 0.3 is 0 Å². The fraction of sp³-hybridized carbons (Fsp3) is 0.222. The molecule has 148 valence electrons. The molecule has 0 aliphatic carbocycles. The number of hydrogen-bond donors (Lipinski definition) is 5. The van der Waals surface area contributed by atoms with E-state index in [1.54, 1.807) is 0 Å². The number of benzene rings is 2. The number of carbonyl (C=O) groups excluding carboxylic acids is 1. The van der Waals surface area contributed by atoms with Crippen molar-refractivity contribution in [2.24, 2.45) is 22.2 Å². The number of nitrogens with two attached hydrogens (primary N) is 3. The van der Waals surface area contributed by atoms with Gasteiger partial charge in [-0.25, -0.2) is 4.99 Å². The number of amides is 1. The second-order valence-electron chi connectivity index (χ2n) is 5.58. The van der Waals surface area contributed by atoms with Crippen molar-refractivity contribution in [1.82, 2.24) is 0 Å². The van der Waals surface area contributed by atoms with Crippen molar-refractivity contribution in [1.29, 1.82) is 0 Å². The zero-order valence-corrected chi connectivity index (χ0v) is 16.5. The maximum Gasteiger partial charge on any atom is 0.224 e. The van der Waals surface area contributed by atoms with Gasteiger partial charge in [0.2, 0.25) is 5.91 Å². The Bertz CT molecular complexity index is 716. The minimum absolute atomic E-state index is 0. The molecule has 2 rings (SSSR count). The second-order valence-corrected chi connectivity index (χ2v) is 5.58. The van der Waals surface area contributed by atoms with Crippen LogP contribution >= 0.6 is 24.8 Å². The van der Waals surface area contributed by atoms with Crippen molar-refractivity contribution in [3.05, 3.63) is 48.5 Å². The molecule has 1 amide bonds. The van der Waals surface area contributed by atoms with E-state index in [0.717, 1.165) is 29.9 Å². The number of guanidine groups is 1. The number of aliphatic imine (C=N–C) groups is 1. The summed E-state index contributed by atoms with van der Waals surface area (Å²) >= 11 is 0. The number of unbranched alkanes of at least 4 members (excludes halogenated alkanes) is 1. The lowest BCUT2D eigenvalue weighted by Gasteiger charge is -2.09. The Kier molecular flexibility index (Phi) is 11.6. The molecule has 7 nitrogen and oxygen atoms in total. The summed E-state index contributed by atoms with van der Waals surface area (Å²) in [6.07, 6.45) is 2.15. The molecule has 0 spiro atoms. The standard InChI is InChI=1S/C18H24N6O.2ClH/c19-12-2-1-3-17(25)23-15-8-4-13(5-9-15)22-14-6-10-16(11-7-14)24-18(20)21;;/h4-11,22H,1-3,12,19H2,(H,23,25)(H4,20,21,24);2*1H. The summed E-state index contributed by atoms with van der Waals surface area (Å²) in [5.74, 6) is 0.0332. The van der Waals surface area contributed by atoms with E-state index < -0.39 is 0 Å². The Morgan fingerprint density at radius 1 is 0.852 bits per heavy atom. The van der Waals surface area contributed by atoms with Gasteiger partial charge in [-0.15, -0.1) is 24.8 Å². The van der Waals surface area contributed by atoms with E-state index in [9.17, 15) is 4.79 Å². The van der Waals surface area contributed by atoms with Gasteiger partial charge in [0.25, 0.3) is 0 Å². The average molecular weight is 413 g/mol. The summed E-state index contributed by atoms with van der Waals surface area (Å²) < 4.78 is 0. The first-order valence-corrected chi connectivity index (χ1v) is 8.13. The molecule has 2 aromatic rings. The number of carbonyl (C=O) groups is 1. The summed E-state index contributed by atoms with van der Waals surface area (Å²) in [4.78, 5) is 15.7. The lowest BCUT2D eigenvalue weighted by Crippen LogP contribution is -2.21. The molecule has 0 atom stereocenters. The van der Waals surface area contributed by atoms with Crippen molar-refractivity contribution in [3.63, 3.8) is 0 Å². The molecule has 0 bridgehead atoms. The smallest absolute Gasteiger partial charge is 0.224 e. The molecule has 0 saturated carbocycles. The first-order chi connectivity index (χ1) is 12.1. The number of nitrogens with one attached hydrogen (secondary N) is 2. The molecule has 0 aliphatic rings. The highest BCUT2D eigenvalue weighted by Gasteiger charge is 2.02. The molecule has 0 aromatic heterocycles. The fourth-order valence-electron chi connectivity index (χ4n) is 2.23. The van der Waals surface area contributed by atoms with E-state index in [-0.39, 0.29) is 36.7 Å². The van der Waals surface area contributed by atoms with E-state index >= 15 is 0 Å². The van der Waals surface area contributed by atoms with Crippen LogP contribution in [0.25, 0.3) is 0 Å². The molecule has 0 aliphatic heterocycles. The Balaban J connectivity index is 0.00000338. The van der Waals surface area contributed by atoms with Crippen LogP contribution in [0.4, 0.5) is 22.7 Å².